The molecule has 4 heteroatoms. The SMILES string of the molecule is Cc1cc2c(N)nncc2s1. The first kappa shape index (κ1) is 6.54. The lowest BCUT2D eigenvalue weighted by Gasteiger charge is -1.89. The topological polar surface area (TPSA) is 51.8 Å². The van der Waals surface area contributed by atoms with E-state index in [9.17, 15) is 0 Å². The summed E-state index contributed by atoms with van der Waals surface area (Å²) in [5.74, 6) is 0.520. The van der Waals surface area contributed by atoms with Crippen LogP contribution in [-0.4, -0.2) is 10.2 Å². The van der Waals surface area contributed by atoms with Gasteiger partial charge in [-0.15, -0.1) is 16.4 Å². The highest BCUT2D eigenvalue weighted by atomic mass is 32.1. The van der Waals surface area contributed by atoms with Gasteiger partial charge in [0.2, 0.25) is 0 Å². The van der Waals surface area contributed by atoms with E-state index in [1.165, 1.54) is 4.88 Å². The zero-order valence-electron chi connectivity index (χ0n) is 6.03. The van der Waals surface area contributed by atoms with Gasteiger partial charge in [0.25, 0.3) is 0 Å². The zero-order valence-corrected chi connectivity index (χ0v) is 6.85. The van der Waals surface area contributed by atoms with Crippen molar-refractivity contribution in [2.24, 2.45) is 0 Å². The van der Waals surface area contributed by atoms with E-state index in [1.807, 2.05) is 13.0 Å². The Morgan fingerprint density at radius 2 is 2.36 bits per heavy atom. The molecule has 56 valence electrons. The fourth-order valence-corrected chi connectivity index (χ4v) is 1.92. The van der Waals surface area contributed by atoms with Crippen molar-refractivity contribution in [1.29, 1.82) is 0 Å². The molecule has 2 aromatic rings. The van der Waals surface area contributed by atoms with Gasteiger partial charge in [-0.05, 0) is 13.0 Å². The van der Waals surface area contributed by atoms with E-state index in [4.69, 9.17) is 5.73 Å². The van der Waals surface area contributed by atoms with Crippen LogP contribution < -0.4 is 5.73 Å². The highest BCUT2D eigenvalue weighted by molar-refractivity contribution is 7.19. The number of aromatic nitrogens is 2. The zero-order chi connectivity index (χ0) is 7.84. The summed E-state index contributed by atoms with van der Waals surface area (Å²) in [4.78, 5) is 1.24. The molecule has 0 aromatic carbocycles. The Morgan fingerprint density at radius 3 is 3.09 bits per heavy atom. The maximum absolute atomic E-state index is 5.60. The summed E-state index contributed by atoms with van der Waals surface area (Å²) in [6.07, 6.45) is 1.74. The second-order valence-corrected chi connectivity index (χ2v) is 3.65. The van der Waals surface area contributed by atoms with Crippen molar-refractivity contribution < 1.29 is 0 Å². The molecule has 0 atom stereocenters. The third-order valence-electron chi connectivity index (χ3n) is 1.50. The fourth-order valence-electron chi connectivity index (χ4n) is 1.03. The van der Waals surface area contributed by atoms with Crippen LogP contribution in [0.4, 0.5) is 5.82 Å². The normalized spacial score (nSPS) is 10.6. The molecule has 2 rings (SSSR count). The van der Waals surface area contributed by atoms with E-state index in [2.05, 4.69) is 10.2 Å². The number of hydrogen-bond acceptors (Lipinski definition) is 4. The Morgan fingerprint density at radius 1 is 1.55 bits per heavy atom. The van der Waals surface area contributed by atoms with Gasteiger partial charge in [-0.25, -0.2) is 0 Å². The summed E-state index contributed by atoms with van der Waals surface area (Å²) in [5, 5.41) is 8.53. The first-order chi connectivity index (χ1) is 5.27. The number of nitrogens with two attached hydrogens (primary N) is 1. The van der Waals surface area contributed by atoms with Gasteiger partial charge in [-0.2, -0.15) is 5.10 Å². The van der Waals surface area contributed by atoms with Gasteiger partial charge in [0.15, 0.2) is 5.82 Å². The van der Waals surface area contributed by atoms with Crippen LogP contribution in [0.5, 0.6) is 0 Å². The third kappa shape index (κ3) is 0.952. The number of anilines is 1. The van der Waals surface area contributed by atoms with Crippen LogP contribution in [0.1, 0.15) is 4.88 Å². The van der Waals surface area contributed by atoms with Gasteiger partial charge in [0.1, 0.15) is 0 Å². The van der Waals surface area contributed by atoms with E-state index >= 15 is 0 Å². The molecule has 2 aromatic heterocycles. The Balaban J connectivity index is 2.90. The molecule has 2 heterocycles. The van der Waals surface area contributed by atoms with E-state index in [0.29, 0.717) is 5.82 Å². The minimum absolute atomic E-state index is 0.520. The molecule has 2 N–H and O–H groups in total. The Kier molecular flexibility index (Phi) is 1.29. The number of aryl methyl sites for hydroxylation is 1. The van der Waals surface area contributed by atoms with Crippen molar-refractivity contribution in [3.63, 3.8) is 0 Å². The van der Waals surface area contributed by atoms with Crippen molar-refractivity contribution in [3.05, 3.63) is 17.1 Å². The molecule has 0 saturated carbocycles. The van der Waals surface area contributed by atoms with E-state index < -0.39 is 0 Å². The molecule has 0 fully saturated rings. The molecule has 0 aliphatic heterocycles. The first-order valence-corrected chi connectivity index (χ1v) is 4.06. The van der Waals surface area contributed by atoms with Crippen molar-refractivity contribution >= 4 is 27.2 Å². The minimum Gasteiger partial charge on any atom is -0.382 e. The number of nitrogens with zero attached hydrogens (tertiary/aromatic N) is 2. The maximum Gasteiger partial charge on any atom is 0.154 e. The molecule has 0 aliphatic carbocycles. The minimum atomic E-state index is 0.520. The molecule has 0 unspecified atom stereocenters. The number of rotatable bonds is 0. The Hall–Kier alpha value is -1.16. The van der Waals surface area contributed by atoms with Gasteiger partial charge < -0.3 is 5.73 Å². The lowest BCUT2D eigenvalue weighted by molar-refractivity contribution is 1.06. The first-order valence-electron chi connectivity index (χ1n) is 3.24. The van der Waals surface area contributed by atoms with Crippen LogP contribution >= 0.6 is 11.3 Å². The third-order valence-corrected chi connectivity index (χ3v) is 2.49. The van der Waals surface area contributed by atoms with Gasteiger partial charge in [0, 0.05) is 10.3 Å². The van der Waals surface area contributed by atoms with Crippen molar-refractivity contribution in [2.45, 2.75) is 6.92 Å². The predicted molar refractivity (Wildman–Crippen MR) is 46.6 cm³/mol. The van der Waals surface area contributed by atoms with Gasteiger partial charge >= 0.3 is 0 Å². The van der Waals surface area contributed by atoms with E-state index in [0.717, 1.165) is 10.1 Å². The lowest BCUT2D eigenvalue weighted by atomic mass is 10.3. The van der Waals surface area contributed by atoms with Crippen molar-refractivity contribution in [3.8, 4) is 0 Å². The standard InChI is InChI=1S/C7H7N3S/c1-4-2-5-6(11-4)3-9-10-7(5)8/h2-3H,1H3,(H2,8,10). The van der Waals surface area contributed by atoms with Gasteiger partial charge in [-0.3, -0.25) is 0 Å². The van der Waals surface area contributed by atoms with Crippen molar-refractivity contribution in [2.75, 3.05) is 5.73 Å². The number of thiophene rings is 1. The summed E-state index contributed by atoms with van der Waals surface area (Å²) in [6, 6.07) is 2.03. The van der Waals surface area contributed by atoms with Gasteiger partial charge in [-0.1, -0.05) is 0 Å². The summed E-state index contributed by atoms with van der Waals surface area (Å²) in [5.41, 5.74) is 5.60. The average molecular weight is 165 g/mol. The summed E-state index contributed by atoms with van der Waals surface area (Å²) < 4.78 is 1.11. The van der Waals surface area contributed by atoms with Crippen LogP contribution in [0.15, 0.2) is 12.3 Å². The molecule has 0 spiro atoms. The quantitative estimate of drug-likeness (QED) is 0.644. The number of nitrogen functional groups attached to an aromatic ring is 1. The summed E-state index contributed by atoms with van der Waals surface area (Å²) in [7, 11) is 0. The number of fused-ring (bicyclic) bond motifs is 1. The number of hydrogen-bond donors (Lipinski definition) is 1. The molecule has 0 radical (unpaired) electrons. The van der Waals surface area contributed by atoms with E-state index in [1.54, 1.807) is 17.5 Å². The lowest BCUT2D eigenvalue weighted by Crippen LogP contribution is -1.91. The highest BCUT2D eigenvalue weighted by Gasteiger charge is 2.01. The van der Waals surface area contributed by atoms with Crippen LogP contribution in [0.25, 0.3) is 10.1 Å². The van der Waals surface area contributed by atoms with Crippen LogP contribution in [0.2, 0.25) is 0 Å². The predicted octanol–water partition coefficient (Wildman–Crippen LogP) is 1.58. The monoisotopic (exact) mass is 165 g/mol. The molecule has 3 nitrogen and oxygen atoms in total. The fraction of sp³-hybridized carbons (Fsp3) is 0.143. The molecule has 0 amide bonds. The van der Waals surface area contributed by atoms with Crippen LogP contribution in [0, 0.1) is 6.92 Å². The van der Waals surface area contributed by atoms with Crippen molar-refractivity contribution in [1.82, 2.24) is 10.2 Å². The second kappa shape index (κ2) is 2.17. The second-order valence-electron chi connectivity index (χ2n) is 2.36. The maximum atomic E-state index is 5.60. The van der Waals surface area contributed by atoms with Gasteiger partial charge in [0.05, 0.1) is 10.9 Å². The molecular formula is C7H7N3S. The highest BCUT2D eigenvalue weighted by Crippen LogP contribution is 2.26. The summed E-state index contributed by atoms with van der Waals surface area (Å²) in [6.45, 7) is 2.05. The van der Waals surface area contributed by atoms with E-state index in [-0.39, 0.29) is 0 Å². The molecule has 0 aliphatic rings. The molecule has 0 saturated heterocycles. The Bertz CT molecular complexity index is 393. The van der Waals surface area contributed by atoms with Crippen LogP contribution in [0.3, 0.4) is 0 Å². The largest absolute Gasteiger partial charge is 0.382 e. The Labute approximate surface area is 67.9 Å². The smallest absolute Gasteiger partial charge is 0.154 e. The molecule has 0 bridgehead atoms. The summed E-state index contributed by atoms with van der Waals surface area (Å²) >= 11 is 1.68. The van der Waals surface area contributed by atoms with Crippen LogP contribution in [-0.2, 0) is 0 Å². The molecule has 11 heavy (non-hydrogen) atoms. The average Bonchev–Trinajstić information content (AvgIpc) is 2.31. The molecular weight excluding hydrogens is 158 g/mol.